The van der Waals surface area contributed by atoms with E-state index in [9.17, 15) is 0 Å². The molecule has 6 nitrogen and oxygen atoms in total. The fraction of sp³-hybridized carbons (Fsp3) is 0.222. The zero-order valence-corrected chi connectivity index (χ0v) is 13.9. The molecule has 0 fully saturated rings. The number of aryl methyl sites for hydroxylation is 1. The van der Waals surface area contributed by atoms with Gasteiger partial charge in [0.15, 0.2) is 5.96 Å². The molecule has 0 radical (unpaired) electrons. The number of benzene rings is 1. The monoisotopic (exact) mass is 323 g/mol. The van der Waals surface area contributed by atoms with Crippen LogP contribution in [0.1, 0.15) is 11.3 Å². The highest BCUT2D eigenvalue weighted by Crippen LogP contribution is 2.21. The zero-order valence-electron chi connectivity index (χ0n) is 13.9. The number of guanidine groups is 1. The maximum absolute atomic E-state index is 5.31. The maximum Gasteiger partial charge on any atom is 0.191 e. The van der Waals surface area contributed by atoms with E-state index in [-0.39, 0.29) is 0 Å². The molecule has 0 saturated carbocycles. The zero-order chi connectivity index (χ0) is 16.8. The van der Waals surface area contributed by atoms with Crippen LogP contribution in [-0.4, -0.2) is 22.8 Å². The first-order valence-electron chi connectivity index (χ1n) is 7.81. The molecular formula is C18H21N5O. The van der Waals surface area contributed by atoms with E-state index >= 15 is 0 Å². The number of nitrogens with one attached hydrogen (secondary N) is 2. The Hall–Kier alpha value is -3.02. The molecule has 2 N–H and O–H groups in total. The van der Waals surface area contributed by atoms with Crippen molar-refractivity contribution in [2.75, 3.05) is 7.05 Å². The number of hydrogen-bond donors (Lipinski definition) is 2. The van der Waals surface area contributed by atoms with Crippen molar-refractivity contribution >= 4 is 5.96 Å². The normalized spacial score (nSPS) is 11.5. The summed E-state index contributed by atoms with van der Waals surface area (Å²) in [5.74, 6) is 1.58. The van der Waals surface area contributed by atoms with Crippen LogP contribution < -0.4 is 10.6 Å². The van der Waals surface area contributed by atoms with E-state index in [1.54, 1.807) is 13.3 Å². The van der Waals surface area contributed by atoms with Gasteiger partial charge in [-0.3, -0.25) is 9.67 Å². The third-order valence-corrected chi connectivity index (χ3v) is 3.63. The molecule has 0 spiro atoms. The van der Waals surface area contributed by atoms with Crippen molar-refractivity contribution in [1.29, 1.82) is 0 Å². The van der Waals surface area contributed by atoms with Crippen LogP contribution in [0.3, 0.4) is 0 Å². The fourth-order valence-electron chi connectivity index (χ4n) is 2.49. The van der Waals surface area contributed by atoms with Crippen molar-refractivity contribution in [3.8, 4) is 11.3 Å². The average Bonchev–Trinajstić information content (AvgIpc) is 3.25. The molecule has 24 heavy (non-hydrogen) atoms. The third-order valence-electron chi connectivity index (χ3n) is 3.63. The van der Waals surface area contributed by atoms with Crippen molar-refractivity contribution in [1.82, 2.24) is 20.4 Å². The molecule has 0 aliphatic heterocycles. The fourth-order valence-corrected chi connectivity index (χ4v) is 2.49. The van der Waals surface area contributed by atoms with E-state index in [1.165, 1.54) is 0 Å². The number of furan rings is 1. The van der Waals surface area contributed by atoms with E-state index in [1.807, 2.05) is 48.3 Å². The molecule has 3 rings (SSSR count). The Morgan fingerprint density at radius 2 is 1.92 bits per heavy atom. The second kappa shape index (κ2) is 7.50. The summed E-state index contributed by atoms with van der Waals surface area (Å²) in [7, 11) is 3.68. The predicted octanol–water partition coefficient (Wildman–Crippen LogP) is 2.55. The lowest BCUT2D eigenvalue weighted by Crippen LogP contribution is -2.36. The Morgan fingerprint density at radius 3 is 2.62 bits per heavy atom. The smallest absolute Gasteiger partial charge is 0.191 e. The molecule has 0 unspecified atom stereocenters. The lowest BCUT2D eigenvalue weighted by molar-refractivity contribution is 0.501. The van der Waals surface area contributed by atoms with Gasteiger partial charge < -0.3 is 15.1 Å². The summed E-state index contributed by atoms with van der Waals surface area (Å²) >= 11 is 0. The summed E-state index contributed by atoms with van der Waals surface area (Å²) in [4.78, 5) is 4.24. The summed E-state index contributed by atoms with van der Waals surface area (Å²) < 4.78 is 7.14. The van der Waals surface area contributed by atoms with E-state index in [0.717, 1.165) is 22.6 Å². The molecule has 0 aliphatic rings. The number of hydrogen-bond acceptors (Lipinski definition) is 3. The lowest BCUT2D eigenvalue weighted by Gasteiger charge is -2.11. The van der Waals surface area contributed by atoms with Gasteiger partial charge in [0.2, 0.25) is 0 Å². The van der Waals surface area contributed by atoms with Crippen LogP contribution in [0.5, 0.6) is 0 Å². The Balaban J connectivity index is 1.65. The minimum absolute atomic E-state index is 0.589. The van der Waals surface area contributed by atoms with E-state index < -0.39 is 0 Å². The van der Waals surface area contributed by atoms with Gasteiger partial charge in [-0.1, -0.05) is 30.3 Å². The molecular weight excluding hydrogens is 302 g/mol. The highest BCUT2D eigenvalue weighted by Gasteiger charge is 2.10. The Labute approximate surface area is 141 Å². The highest BCUT2D eigenvalue weighted by molar-refractivity contribution is 5.79. The van der Waals surface area contributed by atoms with Gasteiger partial charge in [0.05, 0.1) is 18.5 Å². The van der Waals surface area contributed by atoms with Crippen LogP contribution in [0, 0.1) is 0 Å². The van der Waals surface area contributed by atoms with Gasteiger partial charge in [-0.05, 0) is 12.1 Å². The Morgan fingerprint density at radius 1 is 1.12 bits per heavy atom. The van der Waals surface area contributed by atoms with Crippen molar-refractivity contribution < 1.29 is 4.42 Å². The molecule has 2 aromatic heterocycles. The summed E-state index contributed by atoms with van der Waals surface area (Å²) in [5, 5.41) is 11.1. The van der Waals surface area contributed by atoms with Crippen LogP contribution in [0.15, 0.2) is 64.3 Å². The van der Waals surface area contributed by atoms with Crippen molar-refractivity contribution in [3.63, 3.8) is 0 Å². The Kier molecular flexibility index (Phi) is 4.96. The number of aliphatic imine (C=N–C) groups is 1. The summed E-state index contributed by atoms with van der Waals surface area (Å²) in [5.41, 5.74) is 3.20. The van der Waals surface area contributed by atoms with Crippen LogP contribution in [0.25, 0.3) is 11.3 Å². The van der Waals surface area contributed by atoms with Gasteiger partial charge in [0.1, 0.15) is 5.76 Å². The molecule has 0 amide bonds. The second-order valence-electron chi connectivity index (χ2n) is 5.40. The number of rotatable bonds is 5. The Bertz CT molecular complexity index is 790. The van der Waals surface area contributed by atoms with Gasteiger partial charge in [0.25, 0.3) is 0 Å². The molecule has 6 heteroatoms. The first-order valence-corrected chi connectivity index (χ1v) is 7.81. The van der Waals surface area contributed by atoms with Crippen LogP contribution >= 0.6 is 0 Å². The van der Waals surface area contributed by atoms with E-state index in [0.29, 0.717) is 19.0 Å². The highest BCUT2D eigenvalue weighted by atomic mass is 16.3. The molecule has 2 heterocycles. The van der Waals surface area contributed by atoms with Gasteiger partial charge in [-0.25, -0.2) is 0 Å². The first-order chi connectivity index (χ1) is 11.8. The summed E-state index contributed by atoms with van der Waals surface area (Å²) in [6.45, 7) is 1.22. The van der Waals surface area contributed by atoms with Gasteiger partial charge in [0, 0.05) is 38.0 Å². The summed E-state index contributed by atoms with van der Waals surface area (Å²) in [6, 6.07) is 14.0. The molecule has 0 bridgehead atoms. The van der Waals surface area contributed by atoms with Crippen LogP contribution in [0.2, 0.25) is 0 Å². The van der Waals surface area contributed by atoms with Crippen molar-refractivity contribution in [3.05, 3.63) is 66.2 Å². The molecule has 0 aliphatic carbocycles. The quantitative estimate of drug-likeness (QED) is 0.559. The minimum atomic E-state index is 0.589. The SMILES string of the molecule is CN=C(NCc1ccco1)NCc1cn(C)nc1-c1ccccc1. The van der Waals surface area contributed by atoms with Gasteiger partial charge >= 0.3 is 0 Å². The standard InChI is InChI=1S/C18H21N5O/c1-19-18(21-12-16-9-6-10-24-16)20-11-15-13-23(2)22-17(15)14-7-4-3-5-8-14/h3-10,13H,11-12H2,1-2H3,(H2,19,20,21). The molecule has 3 aromatic rings. The average molecular weight is 323 g/mol. The van der Waals surface area contributed by atoms with E-state index in [2.05, 4.69) is 32.9 Å². The van der Waals surface area contributed by atoms with E-state index in [4.69, 9.17) is 4.42 Å². The third kappa shape index (κ3) is 3.84. The minimum Gasteiger partial charge on any atom is -0.467 e. The van der Waals surface area contributed by atoms with Crippen LogP contribution in [-0.2, 0) is 20.1 Å². The molecule has 1 aromatic carbocycles. The van der Waals surface area contributed by atoms with Crippen molar-refractivity contribution in [2.24, 2.45) is 12.0 Å². The summed E-state index contributed by atoms with van der Waals surface area (Å²) in [6.07, 6.45) is 3.68. The lowest BCUT2D eigenvalue weighted by atomic mass is 10.1. The van der Waals surface area contributed by atoms with Gasteiger partial charge in [-0.15, -0.1) is 0 Å². The molecule has 0 atom stereocenters. The topological polar surface area (TPSA) is 67.4 Å². The van der Waals surface area contributed by atoms with Gasteiger partial charge in [-0.2, -0.15) is 5.10 Å². The maximum atomic E-state index is 5.31. The largest absolute Gasteiger partial charge is 0.467 e. The molecule has 0 saturated heterocycles. The second-order valence-corrected chi connectivity index (χ2v) is 5.40. The number of aromatic nitrogens is 2. The number of nitrogens with zero attached hydrogens (tertiary/aromatic N) is 3. The van der Waals surface area contributed by atoms with Crippen LogP contribution in [0.4, 0.5) is 0 Å². The van der Waals surface area contributed by atoms with Crippen molar-refractivity contribution in [2.45, 2.75) is 13.1 Å². The molecule has 124 valence electrons. The first kappa shape index (κ1) is 15.9. The predicted molar refractivity (Wildman–Crippen MR) is 94.4 cm³/mol.